The Morgan fingerprint density at radius 2 is 0.829 bits per heavy atom. The second-order valence-corrected chi connectivity index (χ2v) is 12.7. The summed E-state index contributed by atoms with van der Waals surface area (Å²) in [6.45, 7) is 2.76. The predicted molar refractivity (Wildman–Crippen MR) is 176 cm³/mol. The summed E-state index contributed by atoms with van der Waals surface area (Å²) >= 11 is 0. The standard InChI is InChI=1S/C36H73NO4/c1-2-3-4-5-6-7-8-9-10-13-16-19-22-25-28-31-36(41)37-33-35(40)34(39)30-27-24-21-18-15-12-11-14-17-20-23-26-29-32-38/h34-35,38-40H,2-33H2,1H3,(H,37,41). The number of unbranched alkanes of at least 4 members (excludes halogenated alkanes) is 26. The third-order valence-electron chi connectivity index (χ3n) is 8.62. The first-order valence-electron chi connectivity index (χ1n) is 18.4. The Morgan fingerprint density at radius 1 is 0.488 bits per heavy atom. The van der Waals surface area contributed by atoms with Crippen molar-refractivity contribution in [2.75, 3.05) is 13.2 Å². The summed E-state index contributed by atoms with van der Waals surface area (Å²) in [7, 11) is 0. The monoisotopic (exact) mass is 584 g/mol. The van der Waals surface area contributed by atoms with E-state index in [1.807, 2.05) is 0 Å². The molecule has 2 atom stereocenters. The maximum atomic E-state index is 12.1. The predicted octanol–water partition coefficient (Wildman–Crippen LogP) is 9.54. The highest BCUT2D eigenvalue weighted by Gasteiger charge is 2.16. The molecule has 0 radical (unpaired) electrons. The van der Waals surface area contributed by atoms with Crippen LogP contribution in [-0.4, -0.2) is 46.6 Å². The van der Waals surface area contributed by atoms with Crippen molar-refractivity contribution in [3.05, 3.63) is 0 Å². The van der Waals surface area contributed by atoms with Gasteiger partial charge in [-0.15, -0.1) is 0 Å². The summed E-state index contributed by atoms with van der Waals surface area (Å²) in [5, 5.41) is 32.0. The van der Waals surface area contributed by atoms with Crippen LogP contribution in [0.5, 0.6) is 0 Å². The van der Waals surface area contributed by atoms with Crippen molar-refractivity contribution < 1.29 is 20.1 Å². The third kappa shape index (κ3) is 32.1. The van der Waals surface area contributed by atoms with Gasteiger partial charge in [-0.2, -0.15) is 0 Å². The summed E-state index contributed by atoms with van der Waals surface area (Å²) in [5.74, 6) is -0.00681. The van der Waals surface area contributed by atoms with Gasteiger partial charge >= 0.3 is 0 Å². The van der Waals surface area contributed by atoms with Gasteiger partial charge in [0, 0.05) is 19.6 Å². The molecule has 0 bridgehead atoms. The van der Waals surface area contributed by atoms with E-state index in [1.165, 1.54) is 141 Å². The molecule has 0 rings (SSSR count). The van der Waals surface area contributed by atoms with Crippen molar-refractivity contribution in [1.82, 2.24) is 5.32 Å². The molecule has 4 N–H and O–H groups in total. The van der Waals surface area contributed by atoms with Crippen LogP contribution >= 0.6 is 0 Å². The van der Waals surface area contributed by atoms with Crippen molar-refractivity contribution in [3.8, 4) is 0 Å². The first kappa shape index (κ1) is 40.4. The molecule has 0 aliphatic heterocycles. The molecule has 0 aromatic heterocycles. The smallest absolute Gasteiger partial charge is 0.220 e. The van der Waals surface area contributed by atoms with Gasteiger partial charge in [-0.1, -0.05) is 174 Å². The molecule has 2 unspecified atom stereocenters. The highest BCUT2D eigenvalue weighted by Crippen LogP contribution is 2.15. The summed E-state index contributed by atoms with van der Waals surface area (Å²) in [4.78, 5) is 12.1. The molecule has 5 heteroatoms. The van der Waals surface area contributed by atoms with Crippen molar-refractivity contribution in [1.29, 1.82) is 0 Å². The SMILES string of the molecule is CCCCCCCCCCCCCCCCCC(=O)NCC(O)C(O)CCCCCCCCCCCCCCCO. The zero-order chi connectivity index (χ0) is 30.1. The minimum atomic E-state index is -0.872. The fraction of sp³-hybridized carbons (Fsp3) is 0.972. The van der Waals surface area contributed by atoms with Crippen LogP contribution in [0.2, 0.25) is 0 Å². The van der Waals surface area contributed by atoms with Crippen molar-refractivity contribution in [3.63, 3.8) is 0 Å². The molecule has 0 aliphatic carbocycles. The fourth-order valence-electron chi connectivity index (χ4n) is 5.70. The quantitative estimate of drug-likeness (QED) is 0.0568. The van der Waals surface area contributed by atoms with Gasteiger partial charge in [0.25, 0.3) is 0 Å². The normalized spacial score (nSPS) is 13.0. The number of aliphatic hydroxyl groups excluding tert-OH is 3. The molecule has 1 amide bonds. The lowest BCUT2D eigenvalue weighted by molar-refractivity contribution is -0.122. The molecule has 246 valence electrons. The van der Waals surface area contributed by atoms with Gasteiger partial charge in [-0.3, -0.25) is 4.79 Å². The molecule has 0 heterocycles. The molecule has 5 nitrogen and oxygen atoms in total. The van der Waals surface area contributed by atoms with E-state index in [0.717, 1.165) is 38.5 Å². The second kappa shape index (κ2) is 33.8. The molecular formula is C36H73NO4. The van der Waals surface area contributed by atoms with Crippen LogP contribution in [0.3, 0.4) is 0 Å². The first-order chi connectivity index (χ1) is 20.1. The number of carbonyl (C=O) groups excluding carboxylic acids is 1. The number of hydrogen-bond donors (Lipinski definition) is 4. The Labute approximate surface area is 256 Å². The largest absolute Gasteiger partial charge is 0.396 e. The molecule has 0 spiro atoms. The van der Waals surface area contributed by atoms with Gasteiger partial charge < -0.3 is 20.6 Å². The van der Waals surface area contributed by atoms with Gasteiger partial charge in [0.2, 0.25) is 5.91 Å². The molecular weight excluding hydrogens is 510 g/mol. The number of amides is 1. The minimum absolute atomic E-state index is 0.00681. The lowest BCUT2D eigenvalue weighted by Gasteiger charge is -2.18. The zero-order valence-electron chi connectivity index (χ0n) is 27.5. The third-order valence-corrected chi connectivity index (χ3v) is 8.62. The molecule has 0 saturated heterocycles. The first-order valence-corrected chi connectivity index (χ1v) is 18.4. The summed E-state index contributed by atoms with van der Waals surface area (Å²) in [5.41, 5.74) is 0. The van der Waals surface area contributed by atoms with E-state index in [1.54, 1.807) is 0 Å². The number of carbonyl (C=O) groups is 1. The van der Waals surface area contributed by atoms with Crippen molar-refractivity contribution >= 4 is 5.91 Å². The van der Waals surface area contributed by atoms with E-state index in [-0.39, 0.29) is 12.5 Å². The van der Waals surface area contributed by atoms with Crippen LogP contribution in [0.4, 0.5) is 0 Å². The number of hydrogen-bond acceptors (Lipinski definition) is 4. The summed E-state index contributed by atoms with van der Waals surface area (Å²) in [6, 6.07) is 0. The molecule has 41 heavy (non-hydrogen) atoms. The van der Waals surface area contributed by atoms with E-state index in [0.29, 0.717) is 19.4 Å². The van der Waals surface area contributed by atoms with E-state index >= 15 is 0 Å². The van der Waals surface area contributed by atoms with Crippen LogP contribution in [0, 0.1) is 0 Å². The fourth-order valence-corrected chi connectivity index (χ4v) is 5.70. The topological polar surface area (TPSA) is 89.8 Å². The Kier molecular flexibility index (Phi) is 33.3. The summed E-state index contributed by atoms with van der Waals surface area (Å²) < 4.78 is 0. The van der Waals surface area contributed by atoms with Gasteiger partial charge in [-0.25, -0.2) is 0 Å². The van der Waals surface area contributed by atoms with E-state index in [4.69, 9.17) is 5.11 Å². The summed E-state index contributed by atoms with van der Waals surface area (Å²) in [6.07, 6.45) is 35.0. The lowest BCUT2D eigenvalue weighted by Crippen LogP contribution is -2.38. The molecule has 0 aromatic rings. The molecule has 0 fully saturated rings. The number of aliphatic hydroxyl groups is 3. The van der Waals surface area contributed by atoms with E-state index in [9.17, 15) is 15.0 Å². The minimum Gasteiger partial charge on any atom is -0.396 e. The van der Waals surface area contributed by atoms with Crippen LogP contribution in [-0.2, 0) is 4.79 Å². The van der Waals surface area contributed by atoms with Gasteiger partial charge in [0.15, 0.2) is 0 Å². The maximum absolute atomic E-state index is 12.1. The van der Waals surface area contributed by atoms with E-state index in [2.05, 4.69) is 12.2 Å². The lowest BCUT2D eigenvalue weighted by atomic mass is 10.0. The van der Waals surface area contributed by atoms with E-state index < -0.39 is 12.2 Å². The Morgan fingerprint density at radius 3 is 1.22 bits per heavy atom. The van der Waals surface area contributed by atoms with Crippen LogP contribution in [0.25, 0.3) is 0 Å². The molecule has 0 saturated carbocycles. The Hall–Kier alpha value is -0.650. The average Bonchev–Trinajstić information content (AvgIpc) is 2.97. The second-order valence-electron chi connectivity index (χ2n) is 12.7. The number of nitrogens with one attached hydrogen (secondary N) is 1. The number of rotatable bonds is 34. The highest BCUT2D eigenvalue weighted by molar-refractivity contribution is 5.75. The Balaban J connectivity index is 3.39. The Bertz CT molecular complexity index is 516. The highest BCUT2D eigenvalue weighted by atomic mass is 16.3. The van der Waals surface area contributed by atoms with Gasteiger partial charge in [0.1, 0.15) is 0 Å². The van der Waals surface area contributed by atoms with Crippen molar-refractivity contribution in [2.24, 2.45) is 0 Å². The van der Waals surface area contributed by atoms with Crippen LogP contribution in [0.1, 0.15) is 200 Å². The zero-order valence-corrected chi connectivity index (χ0v) is 27.5. The van der Waals surface area contributed by atoms with Gasteiger partial charge in [-0.05, 0) is 19.3 Å². The van der Waals surface area contributed by atoms with Gasteiger partial charge in [0.05, 0.1) is 12.2 Å². The van der Waals surface area contributed by atoms with Crippen LogP contribution < -0.4 is 5.32 Å². The molecule has 0 aromatic carbocycles. The average molecular weight is 584 g/mol. The van der Waals surface area contributed by atoms with Crippen LogP contribution in [0.15, 0.2) is 0 Å². The maximum Gasteiger partial charge on any atom is 0.220 e. The molecule has 0 aliphatic rings. The van der Waals surface area contributed by atoms with Crippen molar-refractivity contribution in [2.45, 2.75) is 212 Å².